The zero-order chi connectivity index (χ0) is 19.9. The number of halogens is 1. The highest BCUT2D eigenvalue weighted by Crippen LogP contribution is 2.27. The first-order valence-electron chi connectivity index (χ1n) is 9.36. The van der Waals surface area contributed by atoms with Gasteiger partial charge in [-0.1, -0.05) is 48.6 Å². The van der Waals surface area contributed by atoms with Crippen molar-refractivity contribution in [2.75, 3.05) is 13.2 Å². The Morgan fingerprint density at radius 1 is 1.29 bits per heavy atom. The van der Waals surface area contributed by atoms with Gasteiger partial charge in [0.1, 0.15) is 12.4 Å². The van der Waals surface area contributed by atoms with Crippen molar-refractivity contribution in [1.82, 2.24) is 0 Å². The molecule has 0 bridgehead atoms. The largest absolute Gasteiger partial charge is 0.505 e. The number of allylic oxidation sites excluding steroid dienone is 1. The molecule has 1 aliphatic heterocycles. The predicted octanol–water partition coefficient (Wildman–Crippen LogP) is 5.68. The maximum atomic E-state index is 13.5. The van der Waals surface area contributed by atoms with Gasteiger partial charge in [-0.25, -0.2) is 4.39 Å². The van der Waals surface area contributed by atoms with Crippen LogP contribution >= 0.6 is 0 Å². The van der Waals surface area contributed by atoms with Gasteiger partial charge in [0.25, 0.3) is 0 Å². The smallest absolute Gasteiger partial charge is 0.165 e. The van der Waals surface area contributed by atoms with Crippen LogP contribution < -0.4 is 4.74 Å². The van der Waals surface area contributed by atoms with E-state index >= 15 is 0 Å². The topological polar surface area (TPSA) is 38.7 Å². The molecule has 1 unspecified atom stereocenters. The number of ether oxygens (including phenoxy) is 2. The fourth-order valence-electron chi connectivity index (χ4n) is 3.18. The van der Waals surface area contributed by atoms with Crippen molar-refractivity contribution in [2.45, 2.75) is 25.9 Å². The highest BCUT2D eigenvalue weighted by Gasteiger charge is 2.22. The predicted molar refractivity (Wildman–Crippen MR) is 110 cm³/mol. The van der Waals surface area contributed by atoms with Crippen molar-refractivity contribution in [2.24, 2.45) is 0 Å². The van der Waals surface area contributed by atoms with Gasteiger partial charge in [-0.2, -0.15) is 0 Å². The van der Waals surface area contributed by atoms with E-state index in [2.05, 4.69) is 12.7 Å². The third-order valence-electron chi connectivity index (χ3n) is 4.70. The number of aromatic hydroxyl groups is 1. The lowest BCUT2D eigenvalue weighted by molar-refractivity contribution is 0.116. The summed E-state index contributed by atoms with van der Waals surface area (Å²) in [5.41, 5.74) is 3.87. The molecule has 0 radical (unpaired) electrons. The average Bonchev–Trinajstić information content (AvgIpc) is 3.17. The molecule has 3 rings (SSSR count). The van der Waals surface area contributed by atoms with Crippen molar-refractivity contribution < 1.29 is 19.0 Å². The van der Waals surface area contributed by atoms with E-state index in [1.54, 1.807) is 6.07 Å². The molecule has 0 spiro atoms. The molecule has 0 aromatic heterocycles. The van der Waals surface area contributed by atoms with Crippen molar-refractivity contribution >= 4 is 6.08 Å². The van der Waals surface area contributed by atoms with Crippen molar-refractivity contribution in [3.8, 4) is 11.5 Å². The van der Waals surface area contributed by atoms with Crippen LogP contribution in [0.4, 0.5) is 4.39 Å². The zero-order valence-corrected chi connectivity index (χ0v) is 16.0. The van der Waals surface area contributed by atoms with Crippen LogP contribution in [-0.4, -0.2) is 24.4 Å². The summed E-state index contributed by atoms with van der Waals surface area (Å²) in [7, 11) is 0. The molecule has 1 atom stereocenters. The summed E-state index contributed by atoms with van der Waals surface area (Å²) in [4.78, 5) is 0. The monoisotopic (exact) mass is 380 g/mol. The summed E-state index contributed by atoms with van der Waals surface area (Å²) in [6, 6.07) is 14.1. The minimum atomic E-state index is -0.611. The van der Waals surface area contributed by atoms with Crippen molar-refractivity contribution in [3.63, 3.8) is 0 Å². The fraction of sp³-hybridized carbons (Fsp3) is 0.250. The molecule has 146 valence electrons. The maximum absolute atomic E-state index is 13.5. The molecular formula is C24H25FO3. The summed E-state index contributed by atoms with van der Waals surface area (Å²) < 4.78 is 25.1. The molecule has 1 heterocycles. The van der Waals surface area contributed by atoms with Crippen LogP contribution in [-0.2, 0) is 4.74 Å². The van der Waals surface area contributed by atoms with Gasteiger partial charge in [0.15, 0.2) is 11.6 Å². The number of hydrogen-bond acceptors (Lipinski definition) is 3. The van der Waals surface area contributed by atoms with E-state index in [9.17, 15) is 9.50 Å². The maximum Gasteiger partial charge on any atom is 0.165 e. The Hall–Kier alpha value is -2.85. The summed E-state index contributed by atoms with van der Waals surface area (Å²) in [5.74, 6) is -0.125. The van der Waals surface area contributed by atoms with E-state index in [0.29, 0.717) is 13.2 Å². The molecule has 0 saturated heterocycles. The molecule has 1 aliphatic rings. The molecule has 4 heteroatoms. The van der Waals surface area contributed by atoms with Crippen LogP contribution in [0.1, 0.15) is 25.3 Å². The highest BCUT2D eigenvalue weighted by atomic mass is 19.1. The first kappa shape index (κ1) is 19.9. The molecule has 0 aliphatic carbocycles. The first-order chi connectivity index (χ1) is 13.5. The van der Waals surface area contributed by atoms with E-state index in [4.69, 9.17) is 9.47 Å². The molecule has 3 nitrogen and oxygen atoms in total. The third kappa shape index (κ3) is 5.33. The minimum Gasteiger partial charge on any atom is -0.505 e. The fourth-order valence-corrected chi connectivity index (χ4v) is 3.18. The van der Waals surface area contributed by atoms with Gasteiger partial charge in [-0.15, -0.1) is 0 Å². The SMILES string of the molecule is C=C(COc1ccccc1)C1=CCOC1CC/C(C)=C/c1ccc(O)c(F)c1. The van der Waals surface area contributed by atoms with E-state index in [1.807, 2.05) is 43.3 Å². The highest BCUT2D eigenvalue weighted by molar-refractivity contribution is 5.53. The van der Waals surface area contributed by atoms with Gasteiger partial charge in [-0.05, 0) is 60.7 Å². The molecular weight excluding hydrogens is 355 g/mol. The third-order valence-corrected chi connectivity index (χ3v) is 4.70. The Labute approximate surface area is 165 Å². The van der Waals surface area contributed by atoms with Gasteiger partial charge in [0, 0.05) is 0 Å². The molecule has 1 N–H and O–H groups in total. The summed E-state index contributed by atoms with van der Waals surface area (Å²) in [6.07, 6.45) is 5.62. The van der Waals surface area contributed by atoms with Crippen LogP contribution in [0, 0.1) is 5.82 Å². The summed E-state index contributed by atoms with van der Waals surface area (Å²) >= 11 is 0. The second kappa shape index (κ2) is 9.38. The van der Waals surface area contributed by atoms with Gasteiger partial charge < -0.3 is 14.6 Å². The van der Waals surface area contributed by atoms with Crippen LogP contribution in [0.15, 0.2) is 77.9 Å². The van der Waals surface area contributed by atoms with Crippen molar-refractivity contribution in [3.05, 3.63) is 89.3 Å². The normalized spacial score (nSPS) is 16.7. The Kier molecular flexibility index (Phi) is 6.66. The Morgan fingerprint density at radius 3 is 2.82 bits per heavy atom. The Balaban J connectivity index is 1.53. The Morgan fingerprint density at radius 2 is 2.07 bits per heavy atom. The van der Waals surface area contributed by atoms with Crippen LogP contribution in [0.5, 0.6) is 11.5 Å². The standard InChI is InChI=1S/C24H25FO3/c1-17(14-19-9-10-23(26)22(25)15-19)8-11-24-21(12-13-27-24)18(2)16-28-20-6-4-3-5-7-20/h3-7,9-10,12,14-15,24,26H,2,8,11,13,16H2,1H3/b17-14+. The number of phenols is 1. The summed E-state index contributed by atoms with van der Waals surface area (Å²) in [5, 5.41) is 9.29. The Bertz CT molecular complexity index is 884. The summed E-state index contributed by atoms with van der Waals surface area (Å²) in [6.45, 7) is 7.18. The number of benzene rings is 2. The number of hydrogen-bond donors (Lipinski definition) is 1. The molecule has 0 amide bonds. The molecule has 2 aromatic carbocycles. The second-order valence-electron chi connectivity index (χ2n) is 6.93. The molecule has 2 aromatic rings. The second-order valence-corrected chi connectivity index (χ2v) is 6.93. The van der Waals surface area contributed by atoms with E-state index in [-0.39, 0.29) is 11.9 Å². The van der Waals surface area contributed by atoms with Crippen LogP contribution in [0.3, 0.4) is 0 Å². The molecule has 28 heavy (non-hydrogen) atoms. The van der Waals surface area contributed by atoms with E-state index in [1.165, 1.54) is 12.1 Å². The zero-order valence-electron chi connectivity index (χ0n) is 16.0. The van der Waals surface area contributed by atoms with E-state index < -0.39 is 5.82 Å². The first-order valence-corrected chi connectivity index (χ1v) is 9.36. The average molecular weight is 380 g/mol. The van der Waals surface area contributed by atoms with Gasteiger partial charge in [-0.3, -0.25) is 0 Å². The lowest BCUT2D eigenvalue weighted by Gasteiger charge is -2.17. The quantitative estimate of drug-likeness (QED) is 0.641. The van der Waals surface area contributed by atoms with E-state index in [0.717, 1.165) is 40.9 Å². The number of para-hydroxylation sites is 1. The van der Waals surface area contributed by atoms with Crippen molar-refractivity contribution in [1.29, 1.82) is 0 Å². The van der Waals surface area contributed by atoms with Gasteiger partial charge >= 0.3 is 0 Å². The van der Waals surface area contributed by atoms with Gasteiger partial charge in [0.2, 0.25) is 0 Å². The lowest BCUT2D eigenvalue weighted by atomic mass is 9.97. The number of rotatable bonds is 8. The minimum absolute atomic E-state index is 0.00761. The molecule has 0 saturated carbocycles. The van der Waals surface area contributed by atoms with Crippen LogP contribution in [0.2, 0.25) is 0 Å². The lowest BCUT2D eigenvalue weighted by Crippen LogP contribution is -2.14. The van der Waals surface area contributed by atoms with Gasteiger partial charge in [0.05, 0.1) is 12.7 Å². The number of phenolic OH excluding ortho intramolecular Hbond substituents is 1. The van der Waals surface area contributed by atoms with Crippen LogP contribution in [0.25, 0.3) is 6.08 Å². The molecule has 0 fully saturated rings.